The lowest BCUT2D eigenvalue weighted by atomic mass is 10.2. The number of hydrogen-bond acceptors (Lipinski definition) is 3. The molecule has 150 valence electrons. The van der Waals surface area contributed by atoms with E-state index in [-0.39, 0.29) is 24.0 Å². The Morgan fingerprint density at radius 1 is 1.25 bits per heavy atom. The maximum absolute atomic E-state index is 4.71. The Balaban J connectivity index is 0.00000280. The lowest BCUT2D eigenvalue weighted by Gasteiger charge is -2.21. The molecule has 0 aliphatic carbocycles. The second kappa shape index (κ2) is 10.8. The summed E-state index contributed by atoms with van der Waals surface area (Å²) in [6, 6.07) is 10.2. The first-order chi connectivity index (χ1) is 13.2. The molecule has 2 aromatic heterocycles. The summed E-state index contributed by atoms with van der Waals surface area (Å²) >= 11 is 0. The molecular weight excluding hydrogens is 465 g/mol. The van der Waals surface area contributed by atoms with Gasteiger partial charge < -0.3 is 15.2 Å². The van der Waals surface area contributed by atoms with Crippen molar-refractivity contribution in [1.29, 1.82) is 0 Å². The van der Waals surface area contributed by atoms with Crippen molar-refractivity contribution in [3.8, 4) is 11.3 Å². The smallest absolute Gasteiger partial charge is 0.194 e. The molecule has 0 saturated heterocycles. The topological polar surface area (TPSA) is 74.1 Å². The van der Waals surface area contributed by atoms with Crippen molar-refractivity contribution in [1.82, 2.24) is 30.0 Å². The molecular formula is C20H28IN7. The number of rotatable bonds is 7. The van der Waals surface area contributed by atoms with Gasteiger partial charge in [-0.3, -0.25) is 9.67 Å². The van der Waals surface area contributed by atoms with Gasteiger partial charge in [0.25, 0.3) is 0 Å². The van der Waals surface area contributed by atoms with E-state index in [1.807, 2.05) is 55.4 Å². The summed E-state index contributed by atoms with van der Waals surface area (Å²) in [6.45, 7) is 7.01. The molecule has 0 aliphatic rings. The highest BCUT2D eigenvalue weighted by Gasteiger charge is 2.10. The number of nitrogens with one attached hydrogen (secondary N) is 2. The van der Waals surface area contributed by atoms with E-state index in [4.69, 9.17) is 4.99 Å². The Morgan fingerprint density at radius 3 is 2.71 bits per heavy atom. The fraction of sp³-hybridized carbons (Fsp3) is 0.350. The Labute approximate surface area is 183 Å². The van der Waals surface area contributed by atoms with Gasteiger partial charge in [0.2, 0.25) is 0 Å². The lowest BCUT2D eigenvalue weighted by Crippen LogP contribution is -2.39. The van der Waals surface area contributed by atoms with Gasteiger partial charge in [0.1, 0.15) is 5.82 Å². The Bertz CT molecular complexity index is 870. The minimum atomic E-state index is 0. The minimum absolute atomic E-state index is 0. The van der Waals surface area contributed by atoms with E-state index >= 15 is 0 Å². The summed E-state index contributed by atoms with van der Waals surface area (Å²) in [5.41, 5.74) is 3.32. The van der Waals surface area contributed by atoms with Gasteiger partial charge in [-0.15, -0.1) is 24.0 Å². The molecule has 0 atom stereocenters. The van der Waals surface area contributed by atoms with Crippen molar-refractivity contribution < 1.29 is 0 Å². The number of aromatic amines is 1. The molecule has 3 rings (SSSR count). The number of aromatic nitrogens is 4. The normalized spacial score (nSPS) is 11.2. The van der Waals surface area contributed by atoms with Crippen LogP contribution in [0, 0.1) is 6.92 Å². The molecule has 0 spiro atoms. The van der Waals surface area contributed by atoms with Crippen LogP contribution in [0.1, 0.15) is 18.3 Å². The van der Waals surface area contributed by atoms with E-state index in [1.165, 1.54) is 0 Å². The van der Waals surface area contributed by atoms with Gasteiger partial charge in [0.05, 0.1) is 37.7 Å². The van der Waals surface area contributed by atoms with Crippen LogP contribution >= 0.6 is 24.0 Å². The average molecular weight is 493 g/mol. The quantitative estimate of drug-likeness (QED) is 0.301. The molecule has 2 N–H and O–H groups in total. The number of imidazole rings is 1. The number of H-pyrrole nitrogens is 1. The van der Waals surface area contributed by atoms with Gasteiger partial charge in [0, 0.05) is 19.8 Å². The average Bonchev–Trinajstić information content (AvgIpc) is 3.31. The summed E-state index contributed by atoms with van der Waals surface area (Å²) < 4.78 is 1.92. The van der Waals surface area contributed by atoms with E-state index in [2.05, 4.69) is 44.3 Å². The van der Waals surface area contributed by atoms with Crippen LogP contribution in [0.4, 0.5) is 0 Å². The maximum Gasteiger partial charge on any atom is 0.194 e. The number of aliphatic imine (C=N–C) groups is 1. The maximum atomic E-state index is 4.71. The first-order valence-electron chi connectivity index (χ1n) is 9.23. The van der Waals surface area contributed by atoms with Crippen LogP contribution < -0.4 is 5.32 Å². The molecule has 0 bridgehead atoms. The third-order valence-electron chi connectivity index (χ3n) is 4.15. The number of halogens is 1. The Kier molecular flexibility index (Phi) is 8.49. The molecule has 28 heavy (non-hydrogen) atoms. The van der Waals surface area contributed by atoms with Crippen LogP contribution in [0.3, 0.4) is 0 Å². The zero-order chi connectivity index (χ0) is 19.1. The largest absolute Gasteiger partial charge is 0.357 e. The third-order valence-corrected chi connectivity index (χ3v) is 4.15. The first-order valence-corrected chi connectivity index (χ1v) is 9.23. The SMILES string of the molecule is CCNC(=NCCn1cc(C)cn1)N(C)Cc1ncc(-c2ccccc2)[nH]1.I. The van der Waals surface area contributed by atoms with Crippen LogP contribution in [0.15, 0.2) is 53.9 Å². The molecule has 0 aliphatic heterocycles. The fourth-order valence-corrected chi connectivity index (χ4v) is 2.82. The molecule has 8 heteroatoms. The van der Waals surface area contributed by atoms with Crippen LogP contribution in [-0.4, -0.2) is 50.7 Å². The van der Waals surface area contributed by atoms with Gasteiger partial charge in [0.15, 0.2) is 5.96 Å². The lowest BCUT2D eigenvalue weighted by molar-refractivity contribution is 0.462. The molecule has 0 amide bonds. The number of aryl methyl sites for hydroxylation is 1. The van der Waals surface area contributed by atoms with Gasteiger partial charge in [-0.05, 0) is 25.0 Å². The van der Waals surface area contributed by atoms with Crippen molar-refractivity contribution in [2.45, 2.75) is 26.9 Å². The van der Waals surface area contributed by atoms with Crippen molar-refractivity contribution >= 4 is 29.9 Å². The number of guanidine groups is 1. The monoisotopic (exact) mass is 493 g/mol. The van der Waals surface area contributed by atoms with E-state index in [1.54, 1.807) is 0 Å². The highest BCUT2D eigenvalue weighted by molar-refractivity contribution is 14.0. The van der Waals surface area contributed by atoms with Gasteiger partial charge in [-0.25, -0.2) is 4.98 Å². The fourth-order valence-electron chi connectivity index (χ4n) is 2.82. The van der Waals surface area contributed by atoms with Crippen molar-refractivity contribution in [3.63, 3.8) is 0 Å². The number of nitrogens with zero attached hydrogens (tertiary/aromatic N) is 5. The summed E-state index contributed by atoms with van der Waals surface area (Å²) in [4.78, 5) is 14.7. The Hall–Kier alpha value is -2.36. The van der Waals surface area contributed by atoms with E-state index in [0.29, 0.717) is 13.1 Å². The van der Waals surface area contributed by atoms with Gasteiger partial charge in [-0.1, -0.05) is 30.3 Å². The molecule has 0 radical (unpaired) electrons. The van der Waals surface area contributed by atoms with Crippen LogP contribution in [0.25, 0.3) is 11.3 Å². The third kappa shape index (κ3) is 6.08. The van der Waals surface area contributed by atoms with Crippen molar-refractivity contribution in [3.05, 3.63) is 60.3 Å². The molecule has 7 nitrogen and oxygen atoms in total. The van der Waals surface area contributed by atoms with E-state index in [9.17, 15) is 0 Å². The van der Waals surface area contributed by atoms with Crippen LogP contribution in [-0.2, 0) is 13.1 Å². The molecule has 0 saturated carbocycles. The molecule has 3 aromatic rings. The van der Waals surface area contributed by atoms with Gasteiger partial charge in [-0.2, -0.15) is 5.10 Å². The predicted molar refractivity (Wildman–Crippen MR) is 124 cm³/mol. The van der Waals surface area contributed by atoms with Gasteiger partial charge >= 0.3 is 0 Å². The van der Waals surface area contributed by atoms with Crippen LogP contribution in [0.5, 0.6) is 0 Å². The van der Waals surface area contributed by atoms with E-state index in [0.717, 1.165) is 41.7 Å². The zero-order valence-electron chi connectivity index (χ0n) is 16.6. The summed E-state index contributed by atoms with van der Waals surface area (Å²) in [5.74, 6) is 1.77. The highest BCUT2D eigenvalue weighted by atomic mass is 127. The predicted octanol–water partition coefficient (Wildman–Crippen LogP) is 3.30. The second-order valence-corrected chi connectivity index (χ2v) is 6.48. The van der Waals surface area contributed by atoms with Crippen LogP contribution in [0.2, 0.25) is 0 Å². The molecule has 0 unspecified atom stereocenters. The summed E-state index contributed by atoms with van der Waals surface area (Å²) in [6.07, 6.45) is 5.77. The van der Waals surface area contributed by atoms with E-state index < -0.39 is 0 Å². The molecule has 1 aromatic carbocycles. The minimum Gasteiger partial charge on any atom is -0.357 e. The van der Waals surface area contributed by atoms with Crippen molar-refractivity contribution in [2.24, 2.45) is 4.99 Å². The van der Waals surface area contributed by atoms with Crippen molar-refractivity contribution in [2.75, 3.05) is 20.1 Å². The number of hydrogen-bond donors (Lipinski definition) is 2. The Morgan fingerprint density at radius 2 is 2.04 bits per heavy atom. The zero-order valence-corrected chi connectivity index (χ0v) is 18.9. The second-order valence-electron chi connectivity index (χ2n) is 6.48. The molecule has 2 heterocycles. The summed E-state index contributed by atoms with van der Waals surface area (Å²) in [5, 5.41) is 7.64. The first kappa shape index (κ1) is 21.9. The number of benzene rings is 1. The standard InChI is InChI=1S/C20H27N7.HI/c1-4-21-20(22-10-11-27-14-16(2)12-24-27)26(3)15-19-23-13-18(25-19)17-8-6-5-7-9-17;/h5-9,12-14H,4,10-11,15H2,1-3H3,(H,21,22)(H,23,25);1H. The molecule has 0 fully saturated rings. The summed E-state index contributed by atoms with van der Waals surface area (Å²) in [7, 11) is 2.02. The highest BCUT2D eigenvalue weighted by Crippen LogP contribution is 2.16.